The molecule has 0 aliphatic carbocycles. The predicted molar refractivity (Wildman–Crippen MR) is 118 cm³/mol. The van der Waals surface area contributed by atoms with E-state index in [9.17, 15) is 17.2 Å². The van der Waals surface area contributed by atoms with Crippen LogP contribution in [0, 0.1) is 17.0 Å². The molecule has 3 heterocycles. The number of methoxy groups -OCH3 is 1. The van der Waals surface area contributed by atoms with E-state index in [4.69, 9.17) is 4.74 Å². The van der Waals surface area contributed by atoms with Gasteiger partial charge in [0.25, 0.3) is 0 Å². The van der Waals surface area contributed by atoms with Gasteiger partial charge in [0.1, 0.15) is 11.5 Å². The molecule has 1 unspecified atom stereocenters. The van der Waals surface area contributed by atoms with E-state index in [0.29, 0.717) is 16.6 Å². The molecule has 9 nitrogen and oxygen atoms in total. The van der Waals surface area contributed by atoms with Crippen LogP contribution in [-0.2, 0) is 14.8 Å². The number of nitrogens with one attached hydrogen (secondary N) is 3. The first kappa shape index (κ1) is 24.0. The van der Waals surface area contributed by atoms with E-state index in [1.54, 1.807) is 6.20 Å². The Kier molecular flexibility index (Phi) is 7.06. The Labute approximate surface area is 185 Å². The number of hydrogen-bond acceptors (Lipinski definition) is 7. The number of anilines is 1. The van der Waals surface area contributed by atoms with Crippen molar-refractivity contribution in [3.05, 3.63) is 36.3 Å². The van der Waals surface area contributed by atoms with Crippen LogP contribution in [0.4, 0.5) is 14.6 Å². The van der Waals surface area contributed by atoms with Crippen LogP contribution in [0.25, 0.3) is 22.4 Å². The van der Waals surface area contributed by atoms with Gasteiger partial charge in [-0.15, -0.1) is 0 Å². The summed E-state index contributed by atoms with van der Waals surface area (Å²) in [6, 6.07) is 0.603. The summed E-state index contributed by atoms with van der Waals surface area (Å²) < 4.78 is 60.5. The Morgan fingerprint density at radius 1 is 1.22 bits per heavy atom. The number of aromatic nitrogens is 4. The minimum Gasteiger partial charge on any atom is -0.383 e. The lowest BCUT2D eigenvalue weighted by molar-refractivity contribution is 0.204. The number of ether oxygens (including phenoxy) is 1. The molecule has 12 heteroatoms. The molecule has 0 saturated heterocycles. The number of pyridine rings is 1. The molecule has 0 radical (unpaired) electrons. The lowest BCUT2D eigenvalue weighted by Crippen LogP contribution is -2.44. The number of H-pyrrole nitrogens is 1. The molecule has 0 aliphatic heterocycles. The molecule has 3 N–H and O–H groups in total. The van der Waals surface area contributed by atoms with Gasteiger partial charge in [-0.3, -0.25) is 0 Å². The third-order valence-corrected chi connectivity index (χ3v) is 6.27. The summed E-state index contributed by atoms with van der Waals surface area (Å²) in [5.41, 5.74) is 0.322. The second kappa shape index (κ2) is 9.43. The van der Waals surface area contributed by atoms with Crippen LogP contribution in [0.1, 0.15) is 20.8 Å². The monoisotopic (exact) mass is 468 g/mol. The van der Waals surface area contributed by atoms with E-state index in [1.807, 2.05) is 20.8 Å². The second-order valence-corrected chi connectivity index (χ2v) is 10.2. The van der Waals surface area contributed by atoms with Crippen LogP contribution in [0.5, 0.6) is 0 Å². The number of nitrogens with zero attached hydrogens (tertiary/aromatic N) is 3. The number of halogens is 2. The first-order valence-electron chi connectivity index (χ1n) is 9.88. The summed E-state index contributed by atoms with van der Waals surface area (Å²) in [4.78, 5) is 15.1. The van der Waals surface area contributed by atoms with Crippen LogP contribution in [-0.4, -0.2) is 60.4 Å². The molecule has 3 aromatic heterocycles. The van der Waals surface area contributed by atoms with Crippen LogP contribution < -0.4 is 10.0 Å². The molecular formula is C20H26F2N6O3S. The highest BCUT2D eigenvalue weighted by atomic mass is 32.2. The molecule has 0 saturated carbocycles. The van der Waals surface area contributed by atoms with Crippen LogP contribution in [0.15, 0.2) is 24.7 Å². The van der Waals surface area contributed by atoms with Crippen molar-refractivity contribution in [3.8, 4) is 11.4 Å². The minimum absolute atomic E-state index is 0.132. The van der Waals surface area contributed by atoms with Crippen molar-refractivity contribution < 1.29 is 21.9 Å². The number of aromatic amines is 1. The highest BCUT2D eigenvalue weighted by Crippen LogP contribution is 2.29. The van der Waals surface area contributed by atoms with Gasteiger partial charge in [0.05, 0.1) is 24.8 Å². The number of sulfonamides is 1. The molecule has 0 bridgehead atoms. The van der Waals surface area contributed by atoms with Gasteiger partial charge in [0.15, 0.2) is 17.5 Å². The molecule has 174 valence electrons. The Morgan fingerprint density at radius 2 is 1.97 bits per heavy atom. The predicted octanol–water partition coefficient (Wildman–Crippen LogP) is 2.69. The van der Waals surface area contributed by atoms with Gasteiger partial charge in [-0.25, -0.2) is 36.9 Å². The number of rotatable bonds is 9. The Bertz CT molecular complexity index is 1190. The molecule has 0 amide bonds. The maximum atomic E-state index is 14.6. The maximum absolute atomic E-state index is 14.6. The third-order valence-electron chi connectivity index (χ3n) is 4.85. The second-order valence-electron chi connectivity index (χ2n) is 8.37. The summed E-state index contributed by atoms with van der Waals surface area (Å²) in [5.74, 6) is -1.59. The van der Waals surface area contributed by atoms with E-state index in [2.05, 4.69) is 30.0 Å². The Morgan fingerprint density at radius 3 is 2.66 bits per heavy atom. The fourth-order valence-electron chi connectivity index (χ4n) is 3.01. The van der Waals surface area contributed by atoms with E-state index < -0.39 is 33.1 Å². The fourth-order valence-corrected chi connectivity index (χ4v) is 4.55. The summed E-state index contributed by atoms with van der Waals surface area (Å²) in [6.45, 7) is 5.88. The highest BCUT2D eigenvalue weighted by molar-refractivity contribution is 7.89. The fraction of sp³-hybridized carbons (Fsp3) is 0.450. The van der Waals surface area contributed by atoms with Crippen molar-refractivity contribution in [2.45, 2.75) is 26.8 Å². The molecule has 3 rings (SSSR count). The van der Waals surface area contributed by atoms with Crippen molar-refractivity contribution in [2.24, 2.45) is 5.41 Å². The SMILES string of the molecule is COCCNS(=O)(=O)CC(Nc1nc(-c2c[nH]c3ncc(F)cc23)ncc1F)C(C)(C)C. The average Bonchev–Trinajstić information content (AvgIpc) is 3.11. The summed E-state index contributed by atoms with van der Waals surface area (Å²) in [7, 11) is -2.20. The van der Waals surface area contributed by atoms with Crippen molar-refractivity contribution in [3.63, 3.8) is 0 Å². The molecule has 1 atom stereocenters. The van der Waals surface area contributed by atoms with Gasteiger partial charge in [-0.1, -0.05) is 20.8 Å². The van der Waals surface area contributed by atoms with Crippen molar-refractivity contribution in [2.75, 3.05) is 31.3 Å². The number of hydrogen-bond donors (Lipinski definition) is 3. The van der Waals surface area contributed by atoms with E-state index >= 15 is 0 Å². The molecule has 0 aromatic carbocycles. The summed E-state index contributed by atoms with van der Waals surface area (Å²) in [5, 5.41) is 3.36. The first-order valence-corrected chi connectivity index (χ1v) is 11.5. The van der Waals surface area contributed by atoms with Crippen molar-refractivity contribution in [1.82, 2.24) is 24.7 Å². The quantitative estimate of drug-likeness (QED) is 0.413. The van der Waals surface area contributed by atoms with Gasteiger partial charge in [0.2, 0.25) is 10.0 Å². The molecule has 0 aliphatic rings. The topological polar surface area (TPSA) is 122 Å². The zero-order valence-electron chi connectivity index (χ0n) is 18.2. The van der Waals surface area contributed by atoms with E-state index in [0.717, 1.165) is 12.4 Å². The van der Waals surface area contributed by atoms with Gasteiger partial charge in [0, 0.05) is 36.8 Å². The summed E-state index contributed by atoms with van der Waals surface area (Å²) in [6.07, 6.45) is 3.62. The molecule has 0 fully saturated rings. The van der Waals surface area contributed by atoms with Gasteiger partial charge < -0.3 is 15.0 Å². The highest BCUT2D eigenvalue weighted by Gasteiger charge is 2.31. The normalized spacial score (nSPS) is 13.4. The van der Waals surface area contributed by atoms with E-state index in [1.165, 1.54) is 13.2 Å². The zero-order valence-corrected chi connectivity index (χ0v) is 19.1. The summed E-state index contributed by atoms with van der Waals surface area (Å²) >= 11 is 0. The van der Waals surface area contributed by atoms with Gasteiger partial charge >= 0.3 is 0 Å². The lowest BCUT2D eigenvalue weighted by Gasteiger charge is -2.31. The van der Waals surface area contributed by atoms with Gasteiger partial charge in [-0.05, 0) is 11.5 Å². The lowest BCUT2D eigenvalue weighted by atomic mass is 9.88. The smallest absolute Gasteiger partial charge is 0.213 e. The first-order chi connectivity index (χ1) is 15.0. The van der Waals surface area contributed by atoms with Crippen LogP contribution >= 0.6 is 0 Å². The zero-order chi connectivity index (χ0) is 23.5. The standard InChI is InChI=1S/C20H26F2N6O3S/c1-20(2,3)16(11-32(29,30)26-5-6-31-4)27-19-15(22)10-25-18(28-19)14-9-24-17-13(14)7-12(21)8-23-17/h7-10,16,26H,5-6,11H2,1-4H3,(H,23,24)(H,25,27,28). The third kappa shape index (κ3) is 5.75. The molecule has 32 heavy (non-hydrogen) atoms. The average molecular weight is 469 g/mol. The van der Waals surface area contributed by atoms with Gasteiger partial charge in [-0.2, -0.15) is 0 Å². The molecule has 0 spiro atoms. The largest absolute Gasteiger partial charge is 0.383 e. The molecule has 3 aromatic rings. The van der Waals surface area contributed by atoms with Crippen molar-refractivity contribution >= 4 is 26.9 Å². The van der Waals surface area contributed by atoms with E-state index in [-0.39, 0.29) is 30.5 Å². The molecular weight excluding hydrogens is 442 g/mol. The minimum atomic E-state index is -3.67. The Hall–Kier alpha value is -2.70. The number of fused-ring (bicyclic) bond motifs is 1. The van der Waals surface area contributed by atoms with Crippen molar-refractivity contribution in [1.29, 1.82) is 0 Å². The van der Waals surface area contributed by atoms with Crippen LogP contribution in [0.3, 0.4) is 0 Å². The van der Waals surface area contributed by atoms with Crippen LogP contribution in [0.2, 0.25) is 0 Å². The Balaban J connectivity index is 1.91. The maximum Gasteiger partial charge on any atom is 0.213 e.